The summed E-state index contributed by atoms with van der Waals surface area (Å²) in [5, 5.41) is 6.66. The van der Waals surface area contributed by atoms with Crippen LogP contribution in [-0.2, 0) is 11.3 Å². The Bertz CT molecular complexity index is 348. The molecular weight excluding hydrogens is 246 g/mol. The third-order valence-corrected chi connectivity index (χ3v) is 4.33. The Hall–Kier alpha value is -0.650. The minimum atomic E-state index is 0.729. The van der Waals surface area contributed by atoms with Gasteiger partial charge in [-0.15, -0.1) is 11.3 Å². The molecule has 102 valence electrons. The molecule has 1 saturated heterocycles. The van der Waals surface area contributed by atoms with Crippen LogP contribution in [0.5, 0.6) is 0 Å². The Labute approximate surface area is 113 Å². The highest BCUT2D eigenvalue weighted by molar-refractivity contribution is 7.13. The monoisotopic (exact) mass is 269 g/mol. The molecule has 1 aromatic heterocycles. The number of aromatic nitrogens is 1. The van der Waals surface area contributed by atoms with Crippen molar-refractivity contribution in [2.45, 2.75) is 26.3 Å². The van der Waals surface area contributed by atoms with Gasteiger partial charge in [0.15, 0.2) is 5.13 Å². The van der Waals surface area contributed by atoms with Crippen molar-refractivity contribution in [2.24, 2.45) is 5.92 Å². The molecule has 1 aliphatic heterocycles. The molecule has 0 amide bonds. The van der Waals surface area contributed by atoms with Crippen molar-refractivity contribution < 1.29 is 4.74 Å². The Morgan fingerprint density at radius 3 is 2.94 bits per heavy atom. The summed E-state index contributed by atoms with van der Waals surface area (Å²) in [7, 11) is 1.79. The van der Waals surface area contributed by atoms with E-state index in [9.17, 15) is 0 Å². The maximum absolute atomic E-state index is 5.23. The zero-order valence-electron chi connectivity index (χ0n) is 11.3. The van der Waals surface area contributed by atoms with E-state index >= 15 is 0 Å². The van der Waals surface area contributed by atoms with Crippen molar-refractivity contribution >= 4 is 16.5 Å². The third kappa shape index (κ3) is 3.67. The van der Waals surface area contributed by atoms with Crippen LogP contribution in [0.3, 0.4) is 0 Å². The summed E-state index contributed by atoms with van der Waals surface area (Å²) >= 11 is 1.76. The van der Waals surface area contributed by atoms with Crippen molar-refractivity contribution in [3.63, 3.8) is 0 Å². The van der Waals surface area contributed by atoms with Crippen molar-refractivity contribution in [2.75, 3.05) is 38.3 Å². The number of hydrogen-bond acceptors (Lipinski definition) is 5. The van der Waals surface area contributed by atoms with Gasteiger partial charge < -0.3 is 15.0 Å². The number of ether oxygens (including phenoxy) is 1. The van der Waals surface area contributed by atoms with Crippen LogP contribution >= 0.6 is 11.3 Å². The van der Waals surface area contributed by atoms with E-state index in [1.54, 1.807) is 18.4 Å². The molecule has 1 N–H and O–H groups in total. The van der Waals surface area contributed by atoms with Crippen LogP contribution < -0.4 is 10.2 Å². The number of hydrogen-bond donors (Lipinski definition) is 1. The number of nitrogens with zero attached hydrogens (tertiary/aromatic N) is 2. The predicted molar refractivity (Wildman–Crippen MR) is 76.3 cm³/mol. The molecule has 0 saturated carbocycles. The van der Waals surface area contributed by atoms with Crippen LogP contribution in [-0.4, -0.2) is 38.3 Å². The van der Waals surface area contributed by atoms with Gasteiger partial charge in [0.1, 0.15) is 0 Å². The maximum atomic E-state index is 5.23. The molecule has 2 heterocycles. The molecule has 2 rings (SSSR count). The number of rotatable bonds is 6. The van der Waals surface area contributed by atoms with Crippen molar-refractivity contribution in [1.29, 1.82) is 0 Å². The lowest BCUT2D eigenvalue weighted by Crippen LogP contribution is -2.34. The molecule has 0 unspecified atom stereocenters. The van der Waals surface area contributed by atoms with E-state index in [0.29, 0.717) is 0 Å². The van der Waals surface area contributed by atoms with Gasteiger partial charge in [0.05, 0.1) is 5.69 Å². The molecule has 0 aromatic carbocycles. The van der Waals surface area contributed by atoms with Crippen LogP contribution in [0.15, 0.2) is 5.38 Å². The highest BCUT2D eigenvalue weighted by Gasteiger charge is 2.20. The molecule has 1 aromatic rings. The Kier molecular flexibility index (Phi) is 5.41. The summed E-state index contributed by atoms with van der Waals surface area (Å²) < 4.78 is 5.23. The van der Waals surface area contributed by atoms with E-state index < -0.39 is 0 Å². The lowest BCUT2D eigenvalue weighted by molar-refractivity contribution is 0.139. The van der Waals surface area contributed by atoms with E-state index in [2.05, 4.69) is 22.5 Å². The first-order chi connectivity index (χ1) is 8.83. The standard InChI is InChI=1S/C13H23N3OS/c1-3-14-8-12-10-18-13(15-12)16-6-4-11(5-7-16)9-17-2/h10-11,14H,3-9H2,1-2H3. The van der Waals surface area contributed by atoms with E-state index in [0.717, 1.165) is 44.4 Å². The van der Waals surface area contributed by atoms with Gasteiger partial charge in [-0.25, -0.2) is 4.98 Å². The van der Waals surface area contributed by atoms with Crippen LogP contribution in [0, 0.1) is 5.92 Å². The first kappa shape index (κ1) is 13.8. The van der Waals surface area contributed by atoms with Gasteiger partial charge in [-0.2, -0.15) is 0 Å². The number of anilines is 1. The molecule has 4 nitrogen and oxygen atoms in total. The van der Waals surface area contributed by atoms with Crippen LogP contribution in [0.2, 0.25) is 0 Å². The first-order valence-corrected chi connectivity index (χ1v) is 7.60. The molecule has 1 aliphatic rings. The quantitative estimate of drug-likeness (QED) is 0.858. The van der Waals surface area contributed by atoms with Gasteiger partial charge in [0.2, 0.25) is 0 Å². The van der Waals surface area contributed by atoms with E-state index in [1.165, 1.54) is 18.0 Å². The maximum Gasteiger partial charge on any atom is 0.185 e. The Balaban J connectivity index is 1.83. The summed E-state index contributed by atoms with van der Waals surface area (Å²) in [5.41, 5.74) is 1.16. The predicted octanol–water partition coefficient (Wildman–Crippen LogP) is 2.12. The average molecular weight is 269 g/mol. The molecule has 5 heteroatoms. The summed E-state index contributed by atoms with van der Waals surface area (Å²) in [6, 6.07) is 0. The molecule has 0 aliphatic carbocycles. The minimum Gasteiger partial charge on any atom is -0.384 e. The summed E-state index contributed by atoms with van der Waals surface area (Å²) in [6.45, 7) is 7.12. The highest BCUT2D eigenvalue weighted by atomic mass is 32.1. The molecule has 0 spiro atoms. The SMILES string of the molecule is CCNCc1csc(N2CCC(COC)CC2)n1. The molecule has 0 bridgehead atoms. The van der Waals surface area contributed by atoms with Crippen LogP contribution in [0.1, 0.15) is 25.5 Å². The number of nitrogens with one attached hydrogen (secondary N) is 1. The largest absolute Gasteiger partial charge is 0.384 e. The minimum absolute atomic E-state index is 0.729. The summed E-state index contributed by atoms with van der Waals surface area (Å²) in [5.74, 6) is 0.729. The Morgan fingerprint density at radius 2 is 2.28 bits per heavy atom. The summed E-state index contributed by atoms with van der Waals surface area (Å²) in [4.78, 5) is 7.10. The van der Waals surface area contributed by atoms with Gasteiger partial charge in [-0.3, -0.25) is 0 Å². The highest BCUT2D eigenvalue weighted by Crippen LogP contribution is 2.26. The molecule has 0 radical (unpaired) electrons. The molecule has 0 atom stereocenters. The topological polar surface area (TPSA) is 37.4 Å². The lowest BCUT2D eigenvalue weighted by Gasteiger charge is -2.31. The van der Waals surface area contributed by atoms with Gasteiger partial charge in [-0.1, -0.05) is 6.92 Å². The zero-order chi connectivity index (χ0) is 12.8. The Morgan fingerprint density at radius 1 is 1.50 bits per heavy atom. The number of piperidine rings is 1. The van der Waals surface area contributed by atoms with Crippen molar-refractivity contribution in [3.8, 4) is 0 Å². The first-order valence-electron chi connectivity index (χ1n) is 6.72. The molecular formula is C13H23N3OS. The second kappa shape index (κ2) is 7.07. The third-order valence-electron chi connectivity index (χ3n) is 3.38. The van der Waals surface area contributed by atoms with Gasteiger partial charge in [0.25, 0.3) is 0 Å². The van der Waals surface area contributed by atoms with E-state index in [4.69, 9.17) is 9.72 Å². The lowest BCUT2D eigenvalue weighted by atomic mass is 9.98. The second-order valence-corrected chi connectivity index (χ2v) is 5.62. The fraction of sp³-hybridized carbons (Fsp3) is 0.769. The number of methoxy groups -OCH3 is 1. The second-order valence-electron chi connectivity index (χ2n) is 4.79. The van der Waals surface area contributed by atoms with Crippen LogP contribution in [0.4, 0.5) is 5.13 Å². The fourth-order valence-electron chi connectivity index (χ4n) is 2.30. The van der Waals surface area contributed by atoms with E-state index in [-0.39, 0.29) is 0 Å². The molecule has 18 heavy (non-hydrogen) atoms. The van der Waals surface area contributed by atoms with E-state index in [1.807, 2.05) is 0 Å². The fourth-order valence-corrected chi connectivity index (χ4v) is 3.18. The van der Waals surface area contributed by atoms with Crippen molar-refractivity contribution in [3.05, 3.63) is 11.1 Å². The smallest absolute Gasteiger partial charge is 0.185 e. The van der Waals surface area contributed by atoms with Crippen molar-refractivity contribution in [1.82, 2.24) is 10.3 Å². The summed E-state index contributed by atoms with van der Waals surface area (Å²) in [6.07, 6.45) is 2.44. The average Bonchev–Trinajstić information content (AvgIpc) is 2.86. The molecule has 1 fully saturated rings. The van der Waals surface area contributed by atoms with Gasteiger partial charge in [0, 0.05) is 38.7 Å². The van der Waals surface area contributed by atoms with Gasteiger partial charge >= 0.3 is 0 Å². The zero-order valence-corrected chi connectivity index (χ0v) is 12.1. The van der Waals surface area contributed by atoms with Crippen LogP contribution in [0.25, 0.3) is 0 Å². The normalized spacial score (nSPS) is 17.3. The number of thiazole rings is 1. The van der Waals surface area contributed by atoms with Gasteiger partial charge in [-0.05, 0) is 25.3 Å².